The number of fused-ring (bicyclic) bond motifs is 3. The Kier molecular flexibility index (Phi) is 6.88. The van der Waals surface area contributed by atoms with Crippen LogP contribution < -0.4 is 19.9 Å². The second-order valence-corrected chi connectivity index (χ2v) is 11.9. The van der Waals surface area contributed by atoms with E-state index in [-0.39, 0.29) is 11.4 Å². The van der Waals surface area contributed by atoms with Crippen LogP contribution in [0.4, 0.5) is 16.6 Å². The van der Waals surface area contributed by atoms with Crippen LogP contribution in [-0.2, 0) is 29.8 Å². The molecule has 6 rings (SSSR count). The first kappa shape index (κ1) is 27.1. The highest BCUT2D eigenvalue weighted by Gasteiger charge is 2.52. The van der Waals surface area contributed by atoms with E-state index in [0.717, 1.165) is 41.1 Å². The van der Waals surface area contributed by atoms with E-state index in [1.54, 1.807) is 18.3 Å². The third-order valence-electron chi connectivity index (χ3n) is 8.11. The predicted octanol–water partition coefficient (Wildman–Crippen LogP) is 3.67. The van der Waals surface area contributed by atoms with Gasteiger partial charge in [0, 0.05) is 43.5 Å². The van der Waals surface area contributed by atoms with Crippen molar-refractivity contribution < 1.29 is 9.57 Å². The highest BCUT2D eigenvalue weighted by atomic mass is 35.5. The summed E-state index contributed by atoms with van der Waals surface area (Å²) in [5.74, 6) is 1.05. The minimum atomic E-state index is -0.127. The number of aromatic nitrogens is 4. The van der Waals surface area contributed by atoms with E-state index in [1.807, 2.05) is 16.6 Å². The molecule has 0 bridgehead atoms. The van der Waals surface area contributed by atoms with Crippen LogP contribution in [0.1, 0.15) is 52.7 Å². The number of anilines is 3. The normalized spacial score (nSPS) is 17.3. The molecule has 41 heavy (non-hydrogen) atoms. The van der Waals surface area contributed by atoms with Crippen LogP contribution in [0.2, 0.25) is 5.02 Å². The minimum absolute atomic E-state index is 0.127. The summed E-state index contributed by atoms with van der Waals surface area (Å²) in [7, 11) is 4.86. The van der Waals surface area contributed by atoms with Gasteiger partial charge in [-0.25, -0.2) is 0 Å². The molecule has 3 aromatic rings. The number of methoxy groups -OCH3 is 1. The number of ether oxygens (including phenoxy) is 1. The Morgan fingerprint density at radius 1 is 1.12 bits per heavy atom. The quantitative estimate of drug-likeness (QED) is 0.333. The number of halogens is 1. The van der Waals surface area contributed by atoms with Crippen LogP contribution >= 0.6 is 22.9 Å². The standard InChI is InChI=1S/C27H29ClN10O2S/c1-15(35-40-4)22-21(28)18-12-36(8-5-9-38(18)34-22)23-17(11-30)24(33-26(32-23)39-3)37-13-27(14-37)7-6-19-20(27)16(10-29)25(31-2)41-19/h31H,5-9,12-14H2,1-4H3/b35-15+. The lowest BCUT2D eigenvalue weighted by molar-refractivity contribution is 0.213. The van der Waals surface area contributed by atoms with Gasteiger partial charge in [0.2, 0.25) is 0 Å². The van der Waals surface area contributed by atoms with E-state index in [0.29, 0.717) is 66.4 Å². The molecule has 2 aliphatic heterocycles. The first-order valence-corrected chi connectivity index (χ1v) is 14.5. The molecule has 0 radical (unpaired) electrons. The zero-order valence-electron chi connectivity index (χ0n) is 23.3. The van der Waals surface area contributed by atoms with Crippen molar-refractivity contribution in [2.45, 2.75) is 44.7 Å². The molecule has 14 heteroatoms. The Bertz CT molecular complexity index is 1640. The summed E-state index contributed by atoms with van der Waals surface area (Å²) in [5.41, 5.74) is 4.14. The number of rotatable bonds is 6. The number of hydrogen-bond donors (Lipinski definition) is 1. The molecule has 3 aliphatic rings. The Morgan fingerprint density at radius 2 is 1.85 bits per heavy atom. The van der Waals surface area contributed by atoms with Crippen molar-refractivity contribution in [2.24, 2.45) is 5.16 Å². The number of thiophene rings is 1. The smallest absolute Gasteiger partial charge is 0.320 e. The number of hydrogen-bond acceptors (Lipinski definition) is 12. The third kappa shape index (κ3) is 4.23. The lowest BCUT2D eigenvalue weighted by atomic mass is 9.74. The molecule has 5 heterocycles. The number of nitrogens with one attached hydrogen (secondary N) is 1. The molecule has 212 valence electrons. The molecule has 0 unspecified atom stereocenters. The maximum absolute atomic E-state index is 10.4. The second kappa shape index (κ2) is 10.4. The predicted molar refractivity (Wildman–Crippen MR) is 156 cm³/mol. The summed E-state index contributed by atoms with van der Waals surface area (Å²) in [6.45, 7) is 4.85. The molecule has 0 aromatic carbocycles. The average molecular weight is 593 g/mol. The van der Waals surface area contributed by atoms with Gasteiger partial charge in [0.1, 0.15) is 41.2 Å². The summed E-state index contributed by atoms with van der Waals surface area (Å²) in [6.07, 6.45) is 2.70. The summed E-state index contributed by atoms with van der Waals surface area (Å²) < 4.78 is 7.40. The van der Waals surface area contributed by atoms with Crippen molar-refractivity contribution in [3.8, 4) is 18.1 Å². The molecule has 1 saturated heterocycles. The Hall–Kier alpha value is -4.07. The highest BCUT2D eigenvalue weighted by Crippen LogP contribution is 2.53. The van der Waals surface area contributed by atoms with Gasteiger partial charge in [-0.1, -0.05) is 16.8 Å². The van der Waals surface area contributed by atoms with Crippen LogP contribution in [0.5, 0.6) is 6.01 Å². The van der Waals surface area contributed by atoms with E-state index in [4.69, 9.17) is 21.2 Å². The maximum atomic E-state index is 10.4. The first-order valence-electron chi connectivity index (χ1n) is 13.3. The van der Waals surface area contributed by atoms with Crippen molar-refractivity contribution in [1.29, 1.82) is 10.5 Å². The fourth-order valence-electron chi connectivity index (χ4n) is 6.27. The van der Waals surface area contributed by atoms with E-state index in [2.05, 4.69) is 42.6 Å². The van der Waals surface area contributed by atoms with Gasteiger partial charge in [-0.3, -0.25) is 4.68 Å². The van der Waals surface area contributed by atoms with E-state index in [1.165, 1.54) is 19.1 Å². The highest BCUT2D eigenvalue weighted by molar-refractivity contribution is 7.16. The summed E-state index contributed by atoms with van der Waals surface area (Å²) in [5, 5.41) is 33.6. The molecule has 1 aliphatic carbocycles. The molecule has 0 amide bonds. The van der Waals surface area contributed by atoms with Gasteiger partial charge in [0.15, 0.2) is 11.6 Å². The van der Waals surface area contributed by atoms with E-state index in [9.17, 15) is 10.5 Å². The van der Waals surface area contributed by atoms with Crippen LogP contribution in [-0.4, -0.2) is 66.4 Å². The number of nitrogens with zero attached hydrogens (tertiary/aromatic N) is 9. The van der Waals surface area contributed by atoms with Gasteiger partial charge in [0.25, 0.3) is 0 Å². The van der Waals surface area contributed by atoms with Gasteiger partial charge in [0.05, 0.1) is 29.9 Å². The van der Waals surface area contributed by atoms with Gasteiger partial charge in [-0.15, -0.1) is 11.3 Å². The zero-order chi connectivity index (χ0) is 28.9. The van der Waals surface area contributed by atoms with Crippen LogP contribution in [0.15, 0.2) is 5.16 Å². The van der Waals surface area contributed by atoms with Gasteiger partial charge < -0.3 is 24.7 Å². The van der Waals surface area contributed by atoms with Crippen LogP contribution in [0, 0.1) is 22.7 Å². The Labute approximate surface area is 246 Å². The molecule has 0 atom stereocenters. The fraction of sp³-hybridized carbons (Fsp3) is 0.481. The van der Waals surface area contributed by atoms with E-state index >= 15 is 0 Å². The summed E-state index contributed by atoms with van der Waals surface area (Å²) in [4.78, 5) is 19.6. The molecule has 0 saturated carbocycles. The van der Waals surface area contributed by atoms with E-state index < -0.39 is 0 Å². The molecule has 1 fully saturated rings. The van der Waals surface area contributed by atoms with Crippen molar-refractivity contribution >= 4 is 45.3 Å². The van der Waals surface area contributed by atoms with Crippen molar-refractivity contribution in [2.75, 3.05) is 56.0 Å². The number of nitriles is 2. The lowest BCUT2D eigenvalue weighted by Gasteiger charge is -2.49. The first-order chi connectivity index (χ1) is 19.9. The van der Waals surface area contributed by atoms with Crippen molar-refractivity contribution in [3.63, 3.8) is 0 Å². The fourth-order valence-corrected chi connectivity index (χ4v) is 7.82. The zero-order valence-corrected chi connectivity index (χ0v) is 24.9. The lowest BCUT2D eigenvalue weighted by Crippen LogP contribution is -2.59. The van der Waals surface area contributed by atoms with Gasteiger partial charge in [-0.05, 0) is 31.7 Å². The van der Waals surface area contributed by atoms with Crippen LogP contribution in [0.3, 0.4) is 0 Å². The minimum Gasteiger partial charge on any atom is -0.467 e. The SMILES string of the molecule is CNc1sc2c(c1C#N)C1(CC2)CN(c2nc(OC)nc(N3CCCn4nc(/C(C)=N/OC)c(Cl)c4C3)c2C#N)C1. The molecule has 1 spiro atoms. The average Bonchev–Trinajstić information content (AvgIpc) is 3.55. The molecule has 1 N–H and O–H groups in total. The van der Waals surface area contributed by atoms with Crippen LogP contribution in [0.25, 0.3) is 0 Å². The molecule has 3 aromatic heterocycles. The molecule has 12 nitrogen and oxygen atoms in total. The van der Waals surface area contributed by atoms with Gasteiger partial charge in [-0.2, -0.15) is 25.6 Å². The third-order valence-corrected chi connectivity index (χ3v) is 9.78. The van der Waals surface area contributed by atoms with Crippen molar-refractivity contribution in [3.05, 3.63) is 38.0 Å². The molecular weight excluding hydrogens is 564 g/mol. The monoisotopic (exact) mass is 592 g/mol. The number of aryl methyl sites for hydroxylation is 2. The second-order valence-electron chi connectivity index (χ2n) is 10.4. The Morgan fingerprint density at radius 3 is 2.51 bits per heavy atom. The largest absolute Gasteiger partial charge is 0.467 e. The molecular formula is C27H29ClN10O2S. The Balaban J connectivity index is 1.35. The topological polar surface area (TPSA) is 141 Å². The van der Waals surface area contributed by atoms with Gasteiger partial charge >= 0.3 is 6.01 Å². The maximum Gasteiger partial charge on any atom is 0.320 e. The summed E-state index contributed by atoms with van der Waals surface area (Å²) >= 11 is 8.46. The summed E-state index contributed by atoms with van der Waals surface area (Å²) in [6, 6.07) is 5.00. The number of oxime groups is 1. The van der Waals surface area contributed by atoms with Crippen molar-refractivity contribution in [1.82, 2.24) is 19.7 Å².